The minimum atomic E-state index is -0.765. The number of rotatable bonds is 3. The summed E-state index contributed by atoms with van der Waals surface area (Å²) >= 11 is 0. The first kappa shape index (κ1) is 11.0. The molecule has 1 aromatic rings. The Bertz CT molecular complexity index is 403. The summed E-state index contributed by atoms with van der Waals surface area (Å²) in [6, 6.07) is 4.14. The van der Waals surface area contributed by atoms with Crippen LogP contribution < -0.4 is 5.32 Å². The molecule has 0 bridgehead atoms. The van der Waals surface area contributed by atoms with Crippen LogP contribution in [0.1, 0.15) is 12.0 Å². The highest BCUT2D eigenvalue weighted by Crippen LogP contribution is 2.22. The highest BCUT2D eigenvalue weighted by Gasteiger charge is 2.18. The van der Waals surface area contributed by atoms with E-state index in [9.17, 15) is 14.5 Å². The molecule has 1 unspecified atom stereocenters. The molecule has 0 aromatic heterocycles. The van der Waals surface area contributed by atoms with Crippen LogP contribution in [0, 0.1) is 21.8 Å². The number of nitro benzene ring substituents is 1. The van der Waals surface area contributed by atoms with Crippen molar-refractivity contribution in [1.82, 2.24) is 5.32 Å². The number of benzene rings is 1. The van der Waals surface area contributed by atoms with E-state index >= 15 is 0 Å². The molecule has 1 aromatic carbocycles. The van der Waals surface area contributed by atoms with Gasteiger partial charge < -0.3 is 5.32 Å². The SMILES string of the molecule is O=[N+]([O-])c1cc(CC2CCNC2)ccc1F. The zero-order valence-electron chi connectivity index (χ0n) is 8.78. The molecule has 86 valence electrons. The van der Waals surface area contributed by atoms with E-state index < -0.39 is 16.4 Å². The monoisotopic (exact) mass is 224 g/mol. The van der Waals surface area contributed by atoms with Crippen molar-refractivity contribution in [3.05, 3.63) is 39.7 Å². The Labute approximate surface area is 92.6 Å². The Hall–Kier alpha value is -1.49. The fraction of sp³-hybridized carbons (Fsp3) is 0.455. The van der Waals surface area contributed by atoms with Gasteiger partial charge in [0, 0.05) is 6.07 Å². The van der Waals surface area contributed by atoms with Gasteiger partial charge in [-0.3, -0.25) is 10.1 Å². The van der Waals surface area contributed by atoms with Gasteiger partial charge in [0.25, 0.3) is 0 Å². The van der Waals surface area contributed by atoms with E-state index in [-0.39, 0.29) is 0 Å². The van der Waals surface area contributed by atoms with Gasteiger partial charge in [0.05, 0.1) is 4.92 Å². The molecule has 0 amide bonds. The fourth-order valence-electron chi connectivity index (χ4n) is 2.05. The average Bonchev–Trinajstić information content (AvgIpc) is 2.73. The number of nitrogens with one attached hydrogen (secondary N) is 1. The van der Waals surface area contributed by atoms with Crippen LogP contribution in [0.2, 0.25) is 0 Å². The zero-order chi connectivity index (χ0) is 11.5. The van der Waals surface area contributed by atoms with E-state index in [1.165, 1.54) is 12.1 Å². The molecular formula is C11H13FN2O2. The topological polar surface area (TPSA) is 55.2 Å². The summed E-state index contributed by atoms with van der Waals surface area (Å²) in [6.45, 7) is 1.93. The van der Waals surface area contributed by atoms with Gasteiger partial charge in [0.2, 0.25) is 5.82 Å². The Balaban J connectivity index is 2.15. The van der Waals surface area contributed by atoms with Crippen LogP contribution in [-0.4, -0.2) is 18.0 Å². The fourth-order valence-corrected chi connectivity index (χ4v) is 2.05. The second-order valence-electron chi connectivity index (χ2n) is 4.11. The van der Waals surface area contributed by atoms with Crippen LogP contribution >= 0.6 is 0 Å². The molecule has 1 atom stereocenters. The largest absolute Gasteiger partial charge is 0.316 e. The van der Waals surface area contributed by atoms with Crippen LogP contribution in [0.3, 0.4) is 0 Å². The van der Waals surface area contributed by atoms with E-state index in [2.05, 4.69) is 5.32 Å². The number of nitrogens with zero attached hydrogens (tertiary/aromatic N) is 1. The summed E-state index contributed by atoms with van der Waals surface area (Å²) in [5.74, 6) is -0.261. The zero-order valence-corrected chi connectivity index (χ0v) is 8.78. The highest BCUT2D eigenvalue weighted by molar-refractivity contribution is 5.36. The Morgan fingerprint density at radius 1 is 1.56 bits per heavy atom. The summed E-state index contributed by atoms with van der Waals surface area (Å²) in [7, 11) is 0. The lowest BCUT2D eigenvalue weighted by atomic mass is 9.98. The maximum atomic E-state index is 13.1. The van der Waals surface area contributed by atoms with Gasteiger partial charge in [-0.2, -0.15) is 4.39 Å². The van der Waals surface area contributed by atoms with Crippen LogP contribution in [0.25, 0.3) is 0 Å². The van der Waals surface area contributed by atoms with Crippen LogP contribution in [0.15, 0.2) is 18.2 Å². The van der Waals surface area contributed by atoms with Gasteiger partial charge in [-0.15, -0.1) is 0 Å². The number of hydrogen-bond acceptors (Lipinski definition) is 3. The van der Waals surface area contributed by atoms with Crippen molar-refractivity contribution < 1.29 is 9.31 Å². The van der Waals surface area contributed by atoms with Crippen molar-refractivity contribution in [2.45, 2.75) is 12.8 Å². The molecule has 1 fully saturated rings. The molecule has 5 heteroatoms. The predicted octanol–water partition coefficient (Wildman–Crippen LogP) is 1.89. The summed E-state index contributed by atoms with van der Waals surface area (Å²) in [4.78, 5) is 9.89. The first-order valence-corrected chi connectivity index (χ1v) is 5.30. The Kier molecular flexibility index (Phi) is 3.14. The highest BCUT2D eigenvalue weighted by atomic mass is 19.1. The molecule has 16 heavy (non-hydrogen) atoms. The standard InChI is InChI=1S/C11H13FN2O2/c12-10-2-1-8(6-11(10)14(15)16)5-9-3-4-13-7-9/h1-2,6,9,13H,3-5,7H2. The molecule has 1 N–H and O–H groups in total. The van der Waals surface area contributed by atoms with Gasteiger partial charge in [0.15, 0.2) is 0 Å². The molecule has 1 aliphatic rings. The molecule has 1 heterocycles. The normalized spacial score (nSPS) is 19.9. The molecule has 0 saturated carbocycles. The number of halogens is 1. The minimum Gasteiger partial charge on any atom is -0.316 e. The first-order valence-electron chi connectivity index (χ1n) is 5.30. The molecule has 1 aliphatic heterocycles. The van der Waals surface area contributed by atoms with Crippen molar-refractivity contribution in [2.75, 3.05) is 13.1 Å². The van der Waals surface area contributed by atoms with Crippen LogP contribution in [0.5, 0.6) is 0 Å². The lowest BCUT2D eigenvalue weighted by Crippen LogP contribution is -2.10. The second kappa shape index (κ2) is 4.57. The third kappa shape index (κ3) is 2.36. The average molecular weight is 224 g/mol. The molecule has 1 saturated heterocycles. The van der Waals surface area contributed by atoms with Crippen molar-refractivity contribution in [3.63, 3.8) is 0 Å². The second-order valence-corrected chi connectivity index (χ2v) is 4.11. The van der Waals surface area contributed by atoms with Crippen LogP contribution in [-0.2, 0) is 6.42 Å². The summed E-state index contributed by atoms with van der Waals surface area (Å²) in [5, 5.41) is 13.8. The Morgan fingerprint density at radius 2 is 2.38 bits per heavy atom. The minimum absolute atomic E-state index is 0.427. The lowest BCUT2D eigenvalue weighted by molar-refractivity contribution is -0.387. The maximum Gasteiger partial charge on any atom is 0.305 e. The van der Waals surface area contributed by atoms with E-state index in [0.29, 0.717) is 5.92 Å². The smallest absolute Gasteiger partial charge is 0.305 e. The number of nitro groups is 1. The third-order valence-corrected chi connectivity index (χ3v) is 2.89. The summed E-state index contributed by atoms with van der Waals surface area (Å²) in [6.07, 6.45) is 1.85. The van der Waals surface area contributed by atoms with E-state index in [1.807, 2.05) is 0 Å². The van der Waals surface area contributed by atoms with Gasteiger partial charge in [-0.1, -0.05) is 6.07 Å². The summed E-state index contributed by atoms with van der Waals surface area (Å²) in [5.41, 5.74) is 0.408. The maximum absolute atomic E-state index is 13.1. The van der Waals surface area contributed by atoms with Crippen LogP contribution in [0.4, 0.5) is 10.1 Å². The van der Waals surface area contributed by atoms with E-state index in [0.717, 1.165) is 31.5 Å². The molecular weight excluding hydrogens is 211 g/mol. The van der Waals surface area contributed by atoms with Gasteiger partial charge in [0.1, 0.15) is 0 Å². The van der Waals surface area contributed by atoms with Crippen molar-refractivity contribution in [3.8, 4) is 0 Å². The predicted molar refractivity (Wildman–Crippen MR) is 57.7 cm³/mol. The van der Waals surface area contributed by atoms with Gasteiger partial charge in [-0.05, 0) is 43.5 Å². The molecule has 0 radical (unpaired) electrons. The van der Waals surface area contributed by atoms with Crippen molar-refractivity contribution >= 4 is 5.69 Å². The van der Waals surface area contributed by atoms with E-state index in [1.54, 1.807) is 6.07 Å². The molecule has 0 spiro atoms. The van der Waals surface area contributed by atoms with Gasteiger partial charge >= 0.3 is 5.69 Å². The van der Waals surface area contributed by atoms with E-state index in [4.69, 9.17) is 0 Å². The lowest BCUT2D eigenvalue weighted by Gasteiger charge is -2.07. The quantitative estimate of drug-likeness (QED) is 0.630. The van der Waals surface area contributed by atoms with Gasteiger partial charge in [-0.25, -0.2) is 0 Å². The number of hydrogen-bond donors (Lipinski definition) is 1. The Morgan fingerprint density at radius 3 is 3.00 bits per heavy atom. The molecule has 2 rings (SSSR count). The van der Waals surface area contributed by atoms with Crippen molar-refractivity contribution in [1.29, 1.82) is 0 Å². The molecule has 4 nitrogen and oxygen atoms in total. The molecule has 0 aliphatic carbocycles. The third-order valence-electron chi connectivity index (χ3n) is 2.89. The summed E-state index contributed by atoms with van der Waals surface area (Å²) < 4.78 is 13.1. The first-order chi connectivity index (χ1) is 7.66. The van der Waals surface area contributed by atoms with Crippen molar-refractivity contribution in [2.24, 2.45) is 5.92 Å².